The van der Waals surface area contributed by atoms with Crippen molar-refractivity contribution in [3.8, 4) is 11.5 Å². The molecule has 0 saturated heterocycles. The lowest BCUT2D eigenvalue weighted by atomic mass is 9.81. The van der Waals surface area contributed by atoms with E-state index in [1.165, 1.54) is 5.56 Å². The van der Waals surface area contributed by atoms with Gasteiger partial charge in [-0.3, -0.25) is 4.79 Å². The zero-order valence-corrected chi connectivity index (χ0v) is 18.4. The topological polar surface area (TPSA) is 73.3 Å². The predicted molar refractivity (Wildman–Crippen MR) is 121 cm³/mol. The summed E-state index contributed by atoms with van der Waals surface area (Å²) in [6.45, 7) is 4.00. The Morgan fingerprint density at radius 3 is 2.42 bits per heavy atom. The van der Waals surface area contributed by atoms with Gasteiger partial charge in [-0.1, -0.05) is 25.1 Å². The first-order chi connectivity index (χ1) is 15.0. The molecule has 6 heteroatoms. The molecule has 1 N–H and O–H groups in total. The lowest BCUT2D eigenvalue weighted by molar-refractivity contribution is 0.0962. The van der Waals surface area contributed by atoms with Gasteiger partial charge in [-0.25, -0.2) is 9.97 Å². The number of ether oxygens (including phenoxy) is 2. The van der Waals surface area contributed by atoms with Crippen molar-refractivity contribution in [3.05, 3.63) is 70.5 Å². The van der Waals surface area contributed by atoms with E-state index in [0.29, 0.717) is 41.5 Å². The molecule has 0 fully saturated rings. The molecular formula is C25H27N3O3. The number of hydrogen-bond donors (Lipinski definition) is 1. The first-order valence-electron chi connectivity index (χ1n) is 10.5. The number of ketones is 1. The Bertz CT molecular complexity index is 1110. The van der Waals surface area contributed by atoms with Crippen LogP contribution < -0.4 is 14.8 Å². The van der Waals surface area contributed by atoms with Gasteiger partial charge >= 0.3 is 0 Å². The molecule has 1 unspecified atom stereocenters. The minimum atomic E-state index is 0.0331. The molecule has 0 bridgehead atoms. The molecule has 31 heavy (non-hydrogen) atoms. The Labute approximate surface area is 182 Å². The van der Waals surface area contributed by atoms with E-state index in [1.807, 2.05) is 37.3 Å². The second kappa shape index (κ2) is 8.76. The van der Waals surface area contributed by atoms with Crippen molar-refractivity contribution in [3.63, 3.8) is 0 Å². The van der Waals surface area contributed by atoms with E-state index in [1.54, 1.807) is 14.2 Å². The summed E-state index contributed by atoms with van der Waals surface area (Å²) in [7, 11) is 3.23. The Morgan fingerprint density at radius 2 is 1.74 bits per heavy atom. The molecular weight excluding hydrogens is 390 g/mol. The number of nitrogens with one attached hydrogen (secondary N) is 1. The number of carbonyl (C=O) groups is 1. The van der Waals surface area contributed by atoms with E-state index in [2.05, 4.69) is 29.4 Å². The summed E-state index contributed by atoms with van der Waals surface area (Å²) in [5, 5.41) is 3.28. The summed E-state index contributed by atoms with van der Waals surface area (Å²) in [6, 6.07) is 14.0. The maximum absolute atomic E-state index is 13.0. The highest BCUT2D eigenvalue weighted by Gasteiger charge is 2.30. The van der Waals surface area contributed by atoms with Gasteiger partial charge in [-0.2, -0.15) is 0 Å². The number of carbonyl (C=O) groups excluding carboxylic acids is 1. The van der Waals surface area contributed by atoms with Crippen molar-refractivity contribution in [2.24, 2.45) is 0 Å². The largest absolute Gasteiger partial charge is 0.493 e. The van der Waals surface area contributed by atoms with Gasteiger partial charge in [0, 0.05) is 12.1 Å². The number of aryl methyl sites for hydroxylation is 2. The van der Waals surface area contributed by atoms with Crippen LogP contribution in [0.4, 0.5) is 11.6 Å². The summed E-state index contributed by atoms with van der Waals surface area (Å²) in [6.07, 6.45) is 2.09. The van der Waals surface area contributed by atoms with Gasteiger partial charge in [0.1, 0.15) is 0 Å². The van der Waals surface area contributed by atoms with Gasteiger partial charge in [-0.15, -0.1) is 0 Å². The first kappa shape index (κ1) is 20.8. The SMILES string of the molecule is CCc1ccc(Nc2nc(C)c3c(n2)CC(c2ccc(OC)c(OC)c2)CC3=O)cc1. The van der Waals surface area contributed by atoms with Gasteiger partial charge in [0.05, 0.1) is 31.2 Å². The Kier molecular flexibility index (Phi) is 5.89. The highest BCUT2D eigenvalue weighted by Crippen LogP contribution is 2.37. The van der Waals surface area contributed by atoms with E-state index in [0.717, 1.165) is 23.4 Å². The van der Waals surface area contributed by atoms with Crippen LogP contribution >= 0.6 is 0 Å². The van der Waals surface area contributed by atoms with Crippen molar-refractivity contribution >= 4 is 17.4 Å². The number of fused-ring (bicyclic) bond motifs is 1. The van der Waals surface area contributed by atoms with Crippen LogP contribution in [0.2, 0.25) is 0 Å². The minimum absolute atomic E-state index is 0.0331. The highest BCUT2D eigenvalue weighted by atomic mass is 16.5. The van der Waals surface area contributed by atoms with Crippen LogP contribution in [0.15, 0.2) is 42.5 Å². The van der Waals surface area contributed by atoms with Crippen molar-refractivity contribution in [2.45, 2.75) is 39.0 Å². The Balaban J connectivity index is 1.63. The molecule has 0 aliphatic heterocycles. The Morgan fingerprint density at radius 1 is 1.00 bits per heavy atom. The zero-order chi connectivity index (χ0) is 22.0. The van der Waals surface area contributed by atoms with Crippen molar-refractivity contribution in [2.75, 3.05) is 19.5 Å². The van der Waals surface area contributed by atoms with Crippen LogP contribution in [0.3, 0.4) is 0 Å². The Hall–Kier alpha value is -3.41. The maximum Gasteiger partial charge on any atom is 0.227 e. The molecule has 2 aromatic carbocycles. The summed E-state index contributed by atoms with van der Waals surface area (Å²) in [4.78, 5) is 22.2. The summed E-state index contributed by atoms with van der Waals surface area (Å²) >= 11 is 0. The monoisotopic (exact) mass is 417 g/mol. The number of nitrogens with zero attached hydrogens (tertiary/aromatic N) is 2. The van der Waals surface area contributed by atoms with E-state index in [-0.39, 0.29) is 11.7 Å². The van der Waals surface area contributed by atoms with E-state index in [4.69, 9.17) is 14.5 Å². The van der Waals surface area contributed by atoms with Crippen LogP contribution in [0.25, 0.3) is 0 Å². The summed E-state index contributed by atoms with van der Waals surface area (Å²) in [5.41, 5.74) is 5.40. The molecule has 0 spiro atoms. The third-order valence-corrected chi connectivity index (χ3v) is 5.81. The van der Waals surface area contributed by atoms with Crippen molar-refractivity contribution in [1.82, 2.24) is 9.97 Å². The van der Waals surface area contributed by atoms with Crippen molar-refractivity contribution in [1.29, 1.82) is 0 Å². The molecule has 1 aromatic heterocycles. The number of aromatic nitrogens is 2. The maximum atomic E-state index is 13.0. The molecule has 4 rings (SSSR count). The summed E-state index contributed by atoms with van der Waals surface area (Å²) in [5.74, 6) is 1.96. The normalized spacial score (nSPS) is 15.4. The van der Waals surface area contributed by atoms with Crippen LogP contribution in [-0.4, -0.2) is 30.0 Å². The minimum Gasteiger partial charge on any atom is -0.493 e. The van der Waals surface area contributed by atoms with E-state index in [9.17, 15) is 4.79 Å². The number of benzene rings is 2. The van der Waals surface area contributed by atoms with Crippen LogP contribution in [-0.2, 0) is 12.8 Å². The standard InChI is InChI=1S/C25H27N3O3/c1-5-16-6-9-19(10-7-16)27-25-26-15(2)24-20(28-25)12-18(13-21(24)29)17-8-11-22(30-3)23(14-17)31-4/h6-11,14,18H,5,12-13H2,1-4H3,(H,26,27,28). The second-order valence-electron chi connectivity index (χ2n) is 7.77. The van der Waals surface area contributed by atoms with Crippen LogP contribution in [0.1, 0.15) is 52.1 Å². The molecule has 1 atom stereocenters. The number of rotatable bonds is 6. The molecule has 3 aromatic rings. The van der Waals surface area contributed by atoms with Crippen molar-refractivity contribution < 1.29 is 14.3 Å². The lowest BCUT2D eigenvalue weighted by Crippen LogP contribution is -2.23. The fourth-order valence-corrected chi connectivity index (χ4v) is 4.13. The molecule has 0 radical (unpaired) electrons. The van der Waals surface area contributed by atoms with Gasteiger partial charge in [0.25, 0.3) is 0 Å². The third-order valence-electron chi connectivity index (χ3n) is 5.81. The molecule has 1 aliphatic carbocycles. The number of anilines is 2. The zero-order valence-electron chi connectivity index (χ0n) is 18.4. The average Bonchev–Trinajstić information content (AvgIpc) is 2.78. The number of Topliss-reactive ketones (excluding diaryl/α,β-unsaturated/α-hetero) is 1. The number of methoxy groups -OCH3 is 2. The van der Waals surface area contributed by atoms with Gasteiger partial charge < -0.3 is 14.8 Å². The quantitative estimate of drug-likeness (QED) is 0.607. The number of hydrogen-bond acceptors (Lipinski definition) is 6. The van der Waals surface area contributed by atoms with Gasteiger partial charge in [0.15, 0.2) is 17.3 Å². The predicted octanol–water partition coefficient (Wildman–Crippen LogP) is 5.02. The third kappa shape index (κ3) is 4.24. The molecule has 160 valence electrons. The van der Waals surface area contributed by atoms with E-state index < -0.39 is 0 Å². The average molecular weight is 418 g/mol. The van der Waals surface area contributed by atoms with Crippen LogP contribution in [0, 0.1) is 6.92 Å². The van der Waals surface area contributed by atoms with Gasteiger partial charge in [-0.05, 0) is 61.1 Å². The second-order valence-corrected chi connectivity index (χ2v) is 7.77. The van der Waals surface area contributed by atoms with Crippen LogP contribution in [0.5, 0.6) is 11.5 Å². The smallest absolute Gasteiger partial charge is 0.227 e. The lowest BCUT2D eigenvalue weighted by Gasteiger charge is -2.25. The molecule has 1 aliphatic rings. The van der Waals surface area contributed by atoms with Gasteiger partial charge in [0.2, 0.25) is 5.95 Å². The fraction of sp³-hybridized carbons (Fsp3) is 0.320. The molecule has 0 saturated carbocycles. The highest BCUT2D eigenvalue weighted by molar-refractivity contribution is 5.99. The molecule has 0 amide bonds. The van der Waals surface area contributed by atoms with E-state index >= 15 is 0 Å². The molecule has 1 heterocycles. The fourth-order valence-electron chi connectivity index (χ4n) is 4.13. The first-order valence-corrected chi connectivity index (χ1v) is 10.5. The molecule has 6 nitrogen and oxygen atoms in total. The summed E-state index contributed by atoms with van der Waals surface area (Å²) < 4.78 is 10.8.